The molecule has 0 N–H and O–H groups in total. The molecule has 0 aliphatic carbocycles. The number of methoxy groups -OCH3 is 1. The molecule has 2 aromatic carbocycles. The number of nitrogens with zero attached hydrogens (tertiary/aromatic N) is 3. The van der Waals surface area contributed by atoms with Crippen LogP contribution in [0.25, 0.3) is 11.4 Å². The van der Waals surface area contributed by atoms with Crippen LogP contribution in [-0.4, -0.2) is 46.4 Å². The van der Waals surface area contributed by atoms with Crippen LogP contribution in [0, 0.1) is 0 Å². The lowest BCUT2D eigenvalue weighted by Crippen LogP contribution is -2.29. The molecule has 0 radical (unpaired) electrons. The van der Waals surface area contributed by atoms with E-state index in [0.717, 1.165) is 11.3 Å². The minimum absolute atomic E-state index is 0.0151. The predicted molar refractivity (Wildman–Crippen MR) is 108 cm³/mol. The molecule has 1 amide bonds. The van der Waals surface area contributed by atoms with Crippen LogP contribution < -0.4 is 4.74 Å². The van der Waals surface area contributed by atoms with Crippen molar-refractivity contribution in [3.63, 3.8) is 0 Å². The first-order chi connectivity index (χ1) is 14.8. The topological polar surface area (TPSA) is 68.5 Å². The summed E-state index contributed by atoms with van der Waals surface area (Å²) < 4.78 is 47.2. The summed E-state index contributed by atoms with van der Waals surface area (Å²) in [6.45, 7) is 1.29. The average Bonchev–Trinajstić information content (AvgIpc) is 3.44. The van der Waals surface area contributed by atoms with Crippen LogP contribution in [0.4, 0.5) is 13.2 Å². The second-order valence-corrected chi connectivity index (χ2v) is 8.33. The number of thioether (sulfide) groups is 1. The SMILES string of the molecule is COc1ccc(C(=O)N2CC[C@@H](Sc3ccc(-c4noc(C(F)(F)F)n4)cc3)C2)cc1. The fourth-order valence-electron chi connectivity index (χ4n) is 3.26. The van der Waals surface area contributed by atoms with Crippen molar-refractivity contribution in [3.8, 4) is 17.1 Å². The third-order valence-corrected chi connectivity index (χ3v) is 6.12. The third kappa shape index (κ3) is 4.84. The van der Waals surface area contributed by atoms with Crippen molar-refractivity contribution < 1.29 is 27.2 Å². The molecule has 31 heavy (non-hydrogen) atoms. The quantitative estimate of drug-likeness (QED) is 0.559. The van der Waals surface area contributed by atoms with Gasteiger partial charge in [-0.05, 0) is 55.0 Å². The van der Waals surface area contributed by atoms with Gasteiger partial charge in [0.2, 0.25) is 5.82 Å². The number of alkyl halides is 3. The summed E-state index contributed by atoms with van der Waals surface area (Å²) in [7, 11) is 1.58. The maximum Gasteiger partial charge on any atom is 0.471 e. The van der Waals surface area contributed by atoms with Gasteiger partial charge in [-0.1, -0.05) is 5.16 Å². The maximum absolute atomic E-state index is 12.7. The highest BCUT2D eigenvalue weighted by molar-refractivity contribution is 8.00. The Balaban J connectivity index is 1.35. The summed E-state index contributed by atoms with van der Waals surface area (Å²) >= 11 is 1.63. The Kier molecular flexibility index (Phi) is 5.90. The molecule has 3 aromatic rings. The molecule has 1 atom stereocenters. The first kappa shape index (κ1) is 21.2. The van der Waals surface area contributed by atoms with Gasteiger partial charge in [0.25, 0.3) is 5.91 Å². The zero-order chi connectivity index (χ0) is 22.0. The average molecular weight is 449 g/mol. The van der Waals surface area contributed by atoms with Crippen molar-refractivity contribution in [2.75, 3.05) is 20.2 Å². The van der Waals surface area contributed by atoms with Crippen molar-refractivity contribution in [2.45, 2.75) is 22.7 Å². The first-order valence-electron chi connectivity index (χ1n) is 9.45. The Morgan fingerprint density at radius 3 is 2.48 bits per heavy atom. The molecule has 1 aromatic heterocycles. The number of aromatic nitrogens is 2. The van der Waals surface area contributed by atoms with Crippen molar-refractivity contribution in [1.82, 2.24) is 15.0 Å². The molecule has 2 heterocycles. The number of hydrogen-bond acceptors (Lipinski definition) is 6. The lowest BCUT2D eigenvalue weighted by atomic mass is 10.2. The molecule has 6 nitrogen and oxygen atoms in total. The molecule has 4 rings (SSSR count). The van der Waals surface area contributed by atoms with Gasteiger partial charge in [-0.2, -0.15) is 18.2 Å². The van der Waals surface area contributed by atoms with Gasteiger partial charge in [-0.15, -0.1) is 11.8 Å². The van der Waals surface area contributed by atoms with E-state index in [0.29, 0.717) is 30.0 Å². The number of amides is 1. The lowest BCUT2D eigenvalue weighted by Gasteiger charge is -2.16. The van der Waals surface area contributed by atoms with Crippen molar-refractivity contribution >= 4 is 17.7 Å². The number of hydrogen-bond donors (Lipinski definition) is 0. The zero-order valence-corrected chi connectivity index (χ0v) is 17.2. The van der Waals surface area contributed by atoms with Gasteiger partial charge in [0.1, 0.15) is 5.75 Å². The fourth-order valence-corrected chi connectivity index (χ4v) is 4.41. The Labute approximate surface area is 180 Å². The first-order valence-corrected chi connectivity index (χ1v) is 10.3. The van der Waals surface area contributed by atoms with Crippen molar-refractivity contribution in [3.05, 3.63) is 60.0 Å². The van der Waals surface area contributed by atoms with Gasteiger partial charge < -0.3 is 14.2 Å². The van der Waals surface area contributed by atoms with Gasteiger partial charge in [-0.3, -0.25) is 4.79 Å². The second-order valence-electron chi connectivity index (χ2n) is 6.95. The van der Waals surface area contributed by atoms with E-state index in [9.17, 15) is 18.0 Å². The number of benzene rings is 2. The molecule has 1 aliphatic heterocycles. The summed E-state index contributed by atoms with van der Waals surface area (Å²) in [6.07, 6.45) is -3.81. The molecule has 10 heteroatoms. The van der Waals surface area contributed by atoms with Gasteiger partial charge in [0.15, 0.2) is 0 Å². The van der Waals surface area contributed by atoms with Crippen LogP contribution in [0.1, 0.15) is 22.7 Å². The van der Waals surface area contributed by atoms with Crippen LogP contribution in [-0.2, 0) is 6.18 Å². The summed E-state index contributed by atoms with van der Waals surface area (Å²) in [5.41, 5.74) is 1.06. The fraction of sp³-hybridized carbons (Fsp3) is 0.286. The summed E-state index contributed by atoms with van der Waals surface area (Å²) in [5, 5.41) is 3.62. The molecular weight excluding hydrogens is 431 g/mol. The molecule has 162 valence electrons. The Hall–Kier alpha value is -3.01. The number of likely N-dealkylation sites (tertiary alicyclic amines) is 1. The third-order valence-electron chi connectivity index (χ3n) is 4.85. The minimum atomic E-state index is -4.67. The van der Waals surface area contributed by atoms with Crippen molar-refractivity contribution in [1.29, 1.82) is 0 Å². The molecule has 1 saturated heterocycles. The Bertz CT molecular complexity index is 1050. The van der Waals surface area contributed by atoms with E-state index in [1.807, 2.05) is 4.90 Å². The van der Waals surface area contributed by atoms with E-state index in [-0.39, 0.29) is 17.0 Å². The highest BCUT2D eigenvalue weighted by atomic mass is 32.2. The zero-order valence-electron chi connectivity index (χ0n) is 16.4. The van der Waals surface area contributed by atoms with E-state index < -0.39 is 12.1 Å². The highest BCUT2D eigenvalue weighted by Gasteiger charge is 2.38. The maximum atomic E-state index is 12.7. The van der Waals surface area contributed by atoms with E-state index in [2.05, 4.69) is 14.7 Å². The van der Waals surface area contributed by atoms with Gasteiger partial charge in [-0.25, -0.2) is 0 Å². The number of carbonyl (C=O) groups excluding carboxylic acids is 1. The highest BCUT2D eigenvalue weighted by Crippen LogP contribution is 2.33. The van der Waals surface area contributed by atoms with Crippen LogP contribution in [0.2, 0.25) is 0 Å². The lowest BCUT2D eigenvalue weighted by molar-refractivity contribution is -0.159. The molecular formula is C21H18F3N3O3S. The molecule has 1 aliphatic rings. The molecule has 0 spiro atoms. The number of carbonyl (C=O) groups is 1. The van der Waals surface area contributed by atoms with E-state index in [4.69, 9.17) is 4.74 Å². The summed E-state index contributed by atoms with van der Waals surface area (Å²) in [4.78, 5) is 18.9. The number of rotatable bonds is 5. The molecule has 0 unspecified atom stereocenters. The van der Waals surface area contributed by atoms with E-state index in [1.54, 1.807) is 67.4 Å². The van der Waals surface area contributed by atoms with Gasteiger partial charge >= 0.3 is 12.1 Å². The standard InChI is InChI=1S/C21H18F3N3O3S/c1-29-15-6-2-14(3-7-15)19(28)27-11-10-17(12-27)31-16-8-4-13(5-9-16)18-25-20(30-26-18)21(22,23)24/h2-9,17H,10-12H2,1H3/t17-/m1/s1. The number of halogens is 3. The smallest absolute Gasteiger partial charge is 0.471 e. The van der Waals surface area contributed by atoms with Crippen LogP contribution in [0.15, 0.2) is 57.9 Å². The van der Waals surface area contributed by atoms with Crippen LogP contribution in [0.3, 0.4) is 0 Å². The second kappa shape index (κ2) is 8.62. The minimum Gasteiger partial charge on any atom is -0.497 e. The molecule has 1 fully saturated rings. The Morgan fingerprint density at radius 1 is 1.16 bits per heavy atom. The number of ether oxygens (including phenoxy) is 1. The van der Waals surface area contributed by atoms with Crippen LogP contribution >= 0.6 is 11.8 Å². The van der Waals surface area contributed by atoms with Gasteiger partial charge in [0, 0.05) is 34.4 Å². The normalized spacial score (nSPS) is 16.5. The van der Waals surface area contributed by atoms with E-state index >= 15 is 0 Å². The molecule has 0 saturated carbocycles. The van der Waals surface area contributed by atoms with Gasteiger partial charge in [0.05, 0.1) is 7.11 Å². The monoisotopic (exact) mass is 449 g/mol. The van der Waals surface area contributed by atoms with E-state index in [1.165, 1.54) is 0 Å². The summed E-state index contributed by atoms with van der Waals surface area (Å²) in [5.74, 6) is -0.793. The van der Waals surface area contributed by atoms with Crippen LogP contribution in [0.5, 0.6) is 5.75 Å². The molecule has 0 bridgehead atoms. The predicted octanol–water partition coefficient (Wildman–Crippen LogP) is 4.77. The Morgan fingerprint density at radius 2 is 1.87 bits per heavy atom. The van der Waals surface area contributed by atoms with Crippen molar-refractivity contribution in [2.24, 2.45) is 0 Å². The summed E-state index contributed by atoms with van der Waals surface area (Å²) in [6, 6.07) is 13.9. The largest absolute Gasteiger partial charge is 0.497 e.